The van der Waals surface area contributed by atoms with E-state index in [1.54, 1.807) is 0 Å². The van der Waals surface area contributed by atoms with Crippen molar-refractivity contribution in [2.24, 2.45) is 5.41 Å². The average molecular weight is 867 g/mol. The van der Waals surface area contributed by atoms with Crippen LogP contribution in [0.1, 0.15) is 51.7 Å². The van der Waals surface area contributed by atoms with Gasteiger partial charge in [0.2, 0.25) is 0 Å². The van der Waals surface area contributed by atoms with Crippen LogP contribution in [0, 0.1) is 17.5 Å². The fourth-order valence-electron chi connectivity index (χ4n) is 6.34. The third kappa shape index (κ3) is 8.58. The van der Waals surface area contributed by atoms with Crippen molar-refractivity contribution in [2.75, 3.05) is 0 Å². The quantitative estimate of drug-likeness (QED) is 0.123. The van der Waals surface area contributed by atoms with Gasteiger partial charge in [-0.15, -0.1) is 53.6 Å². The van der Waals surface area contributed by atoms with Gasteiger partial charge >= 0.3 is 0 Å². The summed E-state index contributed by atoms with van der Waals surface area (Å²) in [5.74, 6) is 0.475. The Morgan fingerprint density at radius 1 is 0.800 bits per heavy atom. The molecule has 0 spiro atoms. The van der Waals surface area contributed by atoms with Gasteiger partial charge in [0.25, 0.3) is 0 Å². The molecule has 0 saturated carbocycles. The number of nitrogens with zero attached hydrogens (tertiary/aromatic N) is 2. The normalized spacial score (nSPS) is 11.7. The summed E-state index contributed by atoms with van der Waals surface area (Å²) in [5.41, 5.74) is 9.73. The van der Waals surface area contributed by atoms with Gasteiger partial charge in [-0.3, -0.25) is 0 Å². The van der Waals surface area contributed by atoms with Crippen molar-refractivity contribution in [1.29, 1.82) is 0 Å². The van der Waals surface area contributed by atoms with Crippen molar-refractivity contribution in [3.05, 3.63) is 139 Å². The van der Waals surface area contributed by atoms with Crippen LogP contribution >= 0.6 is 11.3 Å². The fourth-order valence-corrected chi connectivity index (χ4v) is 9.15. The maximum Gasteiger partial charge on any atom is 0.0798 e. The van der Waals surface area contributed by atoms with E-state index in [0.717, 1.165) is 28.9 Å². The van der Waals surface area contributed by atoms with E-state index in [4.69, 9.17) is 9.97 Å². The van der Waals surface area contributed by atoms with E-state index in [0.29, 0.717) is 5.92 Å². The molecule has 0 aliphatic rings. The van der Waals surface area contributed by atoms with Crippen molar-refractivity contribution in [3.63, 3.8) is 0 Å². The van der Waals surface area contributed by atoms with Crippen molar-refractivity contribution in [1.82, 2.24) is 9.97 Å². The van der Waals surface area contributed by atoms with E-state index in [1.807, 2.05) is 35.7 Å². The Bertz CT molecular complexity index is 2190. The summed E-state index contributed by atoms with van der Waals surface area (Å²) in [7, 11) is -1.37. The molecule has 0 amide bonds. The van der Waals surface area contributed by atoms with Crippen LogP contribution in [0.15, 0.2) is 116 Å². The summed E-state index contributed by atoms with van der Waals surface area (Å²) in [4.78, 5) is 9.40. The number of rotatable bonds is 6. The van der Waals surface area contributed by atoms with Gasteiger partial charge in [-0.05, 0) is 56.5 Å². The van der Waals surface area contributed by atoms with Gasteiger partial charge in [0, 0.05) is 37.2 Å². The van der Waals surface area contributed by atoms with E-state index < -0.39 is 8.07 Å². The molecule has 3 aromatic heterocycles. The summed E-state index contributed by atoms with van der Waals surface area (Å²) < 4.78 is 2.56. The Morgan fingerprint density at radius 3 is 2.20 bits per heavy atom. The Labute approximate surface area is 317 Å². The molecule has 257 valence electrons. The zero-order chi connectivity index (χ0) is 34.8. The van der Waals surface area contributed by atoms with E-state index in [1.165, 1.54) is 47.6 Å². The zero-order valence-electron chi connectivity index (χ0n) is 30.4. The van der Waals surface area contributed by atoms with Crippen LogP contribution in [0.5, 0.6) is 0 Å². The van der Waals surface area contributed by atoms with Crippen LogP contribution in [0.4, 0.5) is 0 Å². The molecular weight excluding hydrogens is 821 g/mol. The molecule has 4 aromatic carbocycles. The molecule has 50 heavy (non-hydrogen) atoms. The molecule has 7 aromatic rings. The number of aromatic nitrogens is 2. The van der Waals surface area contributed by atoms with Gasteiger partial charge in [-0.1, -0.05) is 143 Å². The SMILES string of the molecule is CC(C)(C)Cc1cc(-c2[c-]cccc2)ncc1[Si](C)(C)C.CC(C)c1ccnc(-c2[c-]cc(-c3ccccc3)c3c2sc2ccccc23)c1.[Ir]. The van der Waals surface area contributed by atoms with E-state index >= 15 is 0 Å². The molecule has 3 heterocycles. The zero-order valence-corrected chi connectivity index (χ0v) is 34.6. The molecule has 1 radical (unpaired) electrons. The Kier molecular flexibility index (Phi) is 11.7. The summed E-state index contributed by atoms with van der Waals surface area (Å²) in [6, 6.07) is 42.9. The van der Waals surface area contributed by atoms with Crippen molar-refractivity contribution in [3.8, 4) is 33.6 Å². The molecule has 0 aliphatic heterocycles. The van der Waals surface area contributed by atoms with Gasteiger partial charge in [-0.25, -0.2) is 0 Å². The number of fused-ring (bicyclic) bond motifs is 3. The number of hydrogen-bond acceptors (Lipinski definition) is 3. The van der Waals surface area contributed by atoms with Gasteiger partial charge < -0.3 is 9.97 Å². The molecule has 0 fully saturated rings. The van der Waals surface area contributed by atoms with Gasteiger partial charge in [0.1, 0.15) is 0 Å². The van der Waals surface area contributed by atoms with Crippen LogP contribution in [0.2, 0.25) is 19.6 Å². The molecule has 0 aliphatic carbocycles. The van der Waals surface area contributed by atoms with Gasteiger partial charge in [-0.2, -0.15) is 11.3 Å². The molecular formula is C45H46IrN2SSi-2. The van der Waals surface area contributed by atoms with Crippen LogP contribution in [-0.2, 0) is 26.5 Å². The number of hydrogen-bond donors (Lipinski definition) is 0. The summed E-state index contributed by atoms with van der Waals surface area (Å²) in [5, 5.41) is 4.09. The second-order valence-electron chi connectivity index (χ2n) is 15.4. The van der Waals surface area contributed by atoms with E-state index in [2.05, 4.69) is 158 Å². The molecule has 0 N–H and O–H groups in total. The standard InChI is InChI=1S/C26H20NS.C19H26NSi.Ir/c1-17(2)19-14-15-27-23(16-19)21-13-12-20(18-8-4-3-5-9-18)25-22-10-6-7-11-24(22)28-26(21)25;1-19(2,3)13-16-12-17(15-10-8-7-9-11-15)20-14-18(16)21(4,5)6;/h3-12,14-17H,1-2H3;7-10,12,14H,13H2,1-6H3;/q2*-1;. The predicted molar refractivity (Wildman–Crippen MR) is 216 cm³/mol. The van der Waals surface area contributed by atoms with E-state index in [-0.39, 0.29) is 25.5 Å². The second-order valence-corrected chi connectivity index (χ2v) is 21.5. The average Bonchev–Trinajstić information content (AvgIpc) is 3.48. The minimum Gasteiger partial charge on any atom is -0.305 e. The summed E-state index contributed by atoms with van der Waals surface area (Å²) in [6.45, 7) is 18.5. The second kappa shape index (κ2) is 15.7. The maximum absolute atomic E-state index is 4.71. The molecule has 0 unspecified atom stereocenters. The molecule has 0 bridgehead atoms. The third-order valence-corrected chi connectivity index (χ3v) is 12.0. The first kappa shape index (κ1) is 37.5. The first-order chi connectivity index (χ1) is 23.4. The molecule has 0 atom stereocenters. The minimum atomic E-state index is -1.37. The maximum atomic E-state index is 4.71. The first-order valence-electron chi connectivity index (χ1n) is 17.2. The topological polar surface area (TPSA) is 25.8 Å². The van der Waals surface area contributed by atoms with Crippen molar-refractivity contribution < 1.29 is 20.1 Å². The Balaban J connectivity index is 0.000000199. The minimum absolute atomic E-state index is 0. The molecule has 5 heteroatoms. The number of benzene rings is 4. The fraction of sp³-hybridized carbons (Fsp3) is 0.244. The van der Waals surface area contributed by atoms with Crippen LogP contribution < -0.4 is 5.19 Å². The Hall–Kier alpha value is -3.73. The van der Waals surface area contributed by atoms with Crippen LogP contribution in [0.3, 0.4) is 0 Å². The molecule has 0 saturated heterocycles. The van der Waals surface area contributed by atoms with E-state index in [9.17, 15) is 0 Å². The largest absolute Gasteiger partial charge is 0.305 e. The summed E-state index contributed by atoms with van der Waals surface area (Å²) >= 11 is 1.83. The third-order valence-electron chi connectivity index (χ3n) is 8.75. The summed E-state index contributed by atoms with van der Waals surface area (Å²) in [6.07, 6.45) is 5.13. The number of pyridine rings is 2. The van der Waals surface area contributed by atoms with Crippen molar-refractivity contribution >= 4 is 44.8 Å². The smallest absolute Gasteiger partial charge is 0.0798 e. The first-order valence-corrected chi connectivity index (χ1v) is 21.5. The van der Waals surface area contributed by atoms with Crippen LogP contribution in [-0.4, -0.2) is 18.0 Å². The molecule has 7 rings (SSSR count). The van der Waals surface area contributed by atoms with Gasteiger partial charge in [0.05, 0.1) is 8.07 Å². The predicted octanol–water partition coefficient (Wildman–Crippen LogP) is 12.4. The van der Waals surface area contributed by atoms with Crippen molar-refractivity contribution in [2.45, 2.75) is 66.6 Å². The molecule has 2 nitrogen and oxygen atoms in total. The number of thiophene rings is 1. The monoisotopic (exact) mass is 867 g/mol. The Morgan fingerprint density at radius 2 is 1.52 bits per heavy atom. The van der Waals surface area contributed by atoms with Gasteiger partial charge in [0.15, 0.2) is 0 Å². The van der Waals surface area contributed by atoms with Crippen LogP contribution in [0.25, 0.3) is 53.8 Å².